The Morgan fingerprint density at radius 1 is 1.52 bits per heavy atom. The van der Waals surface area contributed by atoms with Gasteiger partial charge in [-0.25, -0.2) is 0 Å². The van der Waals surface area contributed by atoms with Gasteiger partial charge >= 0.3 is 0 Å². The Morgan fingerprint density at radius 3 is 2.76 bits per heavy atom. The zero-order valence-corrected chi connectivity index (χ0v) is 12.3. The predicted octanol–water partition coefficient (Wildman–Crippen LogP) is 2.36. The van der Waals surface area contributed by atoms with Gasteiger partial charge in [-0.15, -0.1) is 0 Å². The van der Waals surface area contributed by atoms with Gasteiger partial charge in [0.25, 0.3) is 5.69 Å². The van der Waals surface area contributed by atoms with E-state index >= 15 is 0 Å². The summed E-state index contributed by atoms with van der Waals surface area (Å²) in [4.78, 5) is 10.2. The Morgan fingerprint density at radius 2 is 2.24 bits per heavy atom. The van der Waals surface area contributed by atoms with Crippen molar-refractivity contribution in [3.05, 3.63) is 50.3 Å². The normalized spacial score (nSPS) is 10.7. The van der Waals surface area contributed by atoms with E-state index in [1.54, 1.807) is 18.7 Å². The molecule has 1 aromatic carbocycles. The van der Waals surface area contributed by atoms with E-state index in [2.05, 4.69) is 5.10 Å². The smallest absolute Gasteiger partial charge is 0.270 e. The van der Waals surface area contributed by atoms with Crippen LogP contribution in [0.15, 0.2) is 18.2 Å². The molecular formula is C13H14ClN3O4. The number of aliphatic hydroxyl groups excluding tert-OH is 1. The molecule has 0 aliphatic carbocycles. The second-order valence-electron chi connectivity index (χ2n) is 4.47. The van der Waals surface area contributed by atoms with Crippen LogP contribution in [0.5, 0.6) is 5.75 Å². The summed E-state index contributed by atoms with van der Waals surface area (Å²) in [6.07, 6.45) is 0. The number of aryl methyl sites for hydroxylation is 2. The van der Waals surface area contributed by atoms with Crippen LogP contribution in [0.2, 0.25) is 5.02 Å². The van der Waals surface area contributed by atoms with Gasteiger partial charge in [0.1, 0.15) is 12.4 Å². The number of hydrogen-bond acceptors (Lipinski definition) is 5. The highest BCUT2D eigenvalue weighted by atomic mass is 35.5. The maximum absolute atomic E-state index is 10.7. The van der Waals surface area contributed by atoms with E-state index in [0.29, 0.717) is 27.7 Å². The number of nitrogens with zero attached hydrogens (tertiary/aromatic N) is 3. The molecule has 0 amide bonds. The third kappa shape index (κ3) is 3.14. The molecule has 2 rings (SSSR count). The molecule has 0 fully saturated rings. The first-order chi connectivity index (χ1) is 9.93. The zero-order valence-electron chi connectivity index (χ0n) is 11.5. The molecule has 0 saturated carbocycles. The van der Waals surface area contributed by atoms with E-state index in [4.69, 9.17) is 16.3 Å². The lowest BCUT2D eigenvalue weighted by Crippen LogP contribution is -2.05. The van der Waals surface area contributed by atoms with Gasteiger partial charge in [0.05, 0.1) is 27.9 Å². The maximum atomic E-state index is 10.7. The highest BCUT2D eigenvalue weighted by Gasteiger charge is 2.14. The highest BCUT2D eigenvalue weighted by molar-refractivity contribution is 6.31. The highest BCUT2D eigenvalue weighted by Crippen LogP contribution is 2.26. The summed E-state index contributed by atoms with van der Waals surface area (Å²) >= 11 is 6.12. The van der Waals surface area contributed by atoms with Crippen LogP contribution in [0.1, 0.15) is 17.0 Å². The van der Waals surface area contributed by atoms with Gasteiger partial charge in [0.15, 0.2) is 0 Å². The minimum atomic E-state index is -0.524. The van der Waals surface area contributed by atoms with Gasteiger partial charge in [-0.05, 0) is 13.0 Å². The molecule has 0 aliphatic heterocycles. The first kappa shape index (κ1) is 15.3. The molecule has 0 unspecified atom stereocenters. The van der Waals surface area contributed by atoms with Crippen molar-refractivity contribution in [2.24, 2.45) is 7.05 Å². The number of aromatic nitrogens is 2. The lowest BCUT2D eigenvalue weighted by atomic mass is 10.2. The molecule has 1 N–H and O–H groups in total. The first-order valence-electron chi connectivity index (χ1n) is 6.13. The molecule has 21 heavy (non-hydrogen) atoms. The molecule has 112 valence electrons. The fourth-order valence-electron chi connectivity index (χ4n) is 1.93. The molecule has 0 bridgehead atoms. The van der Waals surface area contributed by atoms with Crippen LogP contribution in [0, 0.1) is 17.0 Å². The van der Waals surface area contributed by atoms with Crippen molar-refractivity contribution < 1.29 is 14.8 Å². The van der Waals surface area contributed by atoms with Crippen molar-refractivity contribution >= 4 is 17.3 Å². The predicted molar refractivity (Wildman–Crippen MR) is 76.3 cm³/mol. The molecule has 2 aromatic rings. The van der Waals surface area contributed by atoms with E-state index < -0.39 is 4.92 Å². The summed E-state index contributed by atoms with van der Waals surface area (Å²) in [6.45, 7) is 1.59. The molecular weight excluding hydrogens is 298 g/mol. The van der Waals surface area contributed by atoms with Crippen LogP contribution in [0.4, 0.5) is 5.69 Å². The molecule has 0 aliphatic rings. The minimum absolute atomic E-state index is 0.0965. The Hall–Kier alpha value is -2.12. The number of aliphatic hydroxyl groups is 1. The average Bonchev–Trinajstić information content (AvgIpc) is 2.70. The van der Waals surface area contributed by atoms with Gasteiger partial charge < -0.3 is 9.84 Å². The van der Waals surface area contributed by atoms with E-state index in [1.807, 2.05) is 0 Å². The average molecular weight is 312 g/mol. The standard InChI is InChI=1S/C13H14ClN3O4/c1-8-13(14)11(16(2)15-8)7-21-12-4-3-10(17(19)20)5-9(12)6-18/h3-5,18H,6-7H2,1-2H3. The summed E-state index contributed by atoms with van der Waals surface area (Å²) in [7, 11) is 1.75. The van der Waals surface area contributed by atoms with E-state index in [1.165, 1.54) is 18.2 Å². The van der Waals surface area contributed by atoms with Gasteiger partial charge in [-0.1, -0.05) is 11.6 Å². The number of hydrogen-bond donors (Lipinski definition) is 1. The first-order valence-corrected chi connectivity index (χ1v) is 6.50. The van der Waals surface area contributed by atoms with Crippen molar-refractivity contribution in [3.63, 3.8) is 0 Å². The third-order valence-corrected chi connectivity index (χ3v) is 3.54. The van der Waals surface area contributed by atoms with Crippen molar-refractivity contribution in [3.8, 4) is 5.75 Å². The molecule has 1 aromatic heterocycles. The lowest BCUT2D eigenvalue weighted by Gasteiger charge is -2.10. The van der Waals surface area contributed by atoms with E-state index in [9.17, 15) is 15.2 Å². The molecule has 8 heteroatoms. The number of non-ortho nitro benzene ring substituents is 1. The summed E-state index contributed by atoms with van der Waals surface area (Å²) in [5, 5.41) is 24.7. The number of benzene rings is 1. The number of nitro benzene ring substituents is 1. The van der Waals surface area contributed by atoms with Crippen LogP contribution >= 0.6 is 11.6 Å². The summed E-state index contributed by atoms with van der Waals surface area (Å²) in [6, 6.07) is 4.07. The largest absolute Gasteiger partial charge is 0.487 e. The minimum Gasteiger partial charge on any atom is -0.487 e. The molecule has 1 heterocycles. The third-order valence-electron chi connectivity index (χ3n) is 3.05. The number of halogens is 1. The van der Waals surface area contributed by atoms with Crippen molar-refractivity contribution in [2.45, 2.75) is 20.1 Å². The second kappa shape index (κ2) is 6.11. The van der Waals surface area contributed by atoms with Crippen molar-refractivity contribution in [2.75, 3.05) is 0 Å². The second-order valence-corrected chi connectivity index (χ2v) is 4.84. The summed E-state index contributed by atoms with van der Waals surface area (Å²) < 4.78 is 7.21. The van der Waals surface area contributed by atoms with Crippen molar-refractivity contribution in [1.29, 1.82) is 0 Å². The fraction of sp³-hybridized carbons (Fsp3) is 0.308. The Bertz CT molecular complexity index is 684. The molecule has 0 radical (unpaired) electrons. The number of ether oxygens (including phenoxy) is 1. The van der Waals surface area contributed by atoms with Crippen molar-refractivity contribution in [1.82, 2.24) is 9.78 Å². The molecule has 0 atom stereocenters. The van der Waals surface area contributed by atoms with Gasteiger partial charge in [-0.3, -0.25) is 14.8 Å². The van der Waals surface area contributed by atoms with Gasteiger partial charge in [-0.2, -0.15) is 5.10 Å². The molecule has 7 nitrogen and oxygen atoms in total. The fourth-order valence-corrected chi connectivity index (χ4v) is 2.14. The zero-order chi connectivity index (χ0) is 15.6. The Labute approximate surface area is 125 Å². The summed E-state index contributed by atoms with van der Waals surface area (Å²) in [5.74, 6) is 0.373. The number of nitro groups is 1. The SMILES string of the molecule is Cc1nn(C)c(COc2ccc([N+](=O)[O-])cc2CO)c1Cl. The molecule has 0 spiro atoms. The van der Waals surface area contributed by atoms with Crippen LogP contribution < -0.4 is 4.74 Å². The topological polar surface area (TPSA) is 90.4 Å². The van der Waals surface area contributed by atoms with Gasteiger partial charge in [0, 0.05) is 24.7 Å². The monoisotopic (exact) mass is 311 g/mol. The Kier molecular flexibility index (Phi) is 4.44. The lowest BCUT2D eigenvalue weighted by molar-refractivity contribution is -0.385. The van der Waals surface area contributed by atoms with E-state index in [0.717, 1.165) is 0 Å². The van der Waals surface area contributed by atoms with E-state index in [-0.39, 0.29) is 18.9 Å². The van der Waals surface area contributed by atoms with Crippen LogP contribution in [0.3, 0.4) is 0 Å². The number of rotatable bonds is 5. The van der Waals surface area contributed by atoms with Gasteiger partial charge in [0.2, 0.25) is 0 Å². The quantitative estimate of drug-likeness (QED) is 0.676. The summed E-state index contributed by atoms with van der Waals surface area (Å²) in [5.41, 5.74) is 1.64. The van der Waals surface area contributed by atoms with Crippen LogP contribution in [-0.2, 0) is 20.3 Å². The Balaban J connectivity index is 2.22. The maximum Gasteiger partial charge on any atom is 0.270 e. The van der Waals surface area contributed by atoms with Crippen LogP contribution in [0.25, 0.3) is 0 Å². The van der Waals surface area contributed by atoms with Crippen LogP contribution in [-0.4, -0.2) is 19.8 Å². The molecule has 0 saturated heterocycles.